The van der Waals surface area contributed by atoms with Crippen molar-refractivity contribution in [3.05, 3.63) is 28.8 Å². The Labute approximate surface area is 118 Å². The minimum absolute atomic E-state index is 0.00215. The molecule has 0 aliphatic carbocycles. The van der Waals surface area contributed by atoms with Crippen molar-refractivity contribution in [1.82, 2.24) is 0 Å². The Morgan fingerprint density at radius 1 is 1.37 bits per heavy atom. The summed E-state index contributed by atoms with van der Waals surface area (Å²) < 4.78 is 0. The van der Waals surface area contributed by atoms with Crippen LogP contribution in [0, 0.1) is 11.3 Å². The lowest BCUT2D eigenvalue weighted by Crippen LogP contribution is -3.13. The molecule has 0 aromatic heterocycles. The molecule has 5 heteroatoms. The normalized spacial score (nSPS) is 15.8. The van der Waals surface area contributed by atoms with Crippen LogP contribution >= 0.6 is 11.6 Å². The van der Waals surface area contributed by atoms with Gasteiger partial charge in [0.05, 0.1) is 23.7 Å². The molecule has 0 saturated carbocycles. The summed E-state index contributed by atoms with van der Waals surface area (Å²) in [7, 11) is 0. The Balaban J connectivity index is 1.91. The van der Waals surface area contributed by atoms with Crippen molar-refractivity contribution < 1.29 is 9.69 Å². The van der Waals surface area contributed by atoms with E-state index in [0.717, 1.165) is 13.1 Å². The first-order valence-electron chi connectivity index (χ1n) is 6.52. The number of carbonyl (C=O) groups is 1. The van der Waals surface area contributed by atoms with Gasteiger partial charge >= 0.3 is 0 Å². The first-order valence-corrected chi connectivity index (χ1v) is 6.90. The van der Waals surface area contributed by atoms with E-state index in [-0.39, 0.29) is 5.91 Å². The van der Waals surface area contributed by atoms with Crippen molar-refractivity contribution in [2.75, 3.05) is 25.0 Å². The predicted molar refractivity (Wildman–Crippen MR) is 74.2 cm³/mol. The van der Waals surface area contributed by atoms with E-state index in [1.165, 1.54) is 24.2 Å². The van der Waals surface area contributed by atoms with Crippen LogP contribution in [0.2, 0.25) is 5.02 Å². The van der Waals surface area contributed by atoms with Crippen LogP contribution < -0.4 is 10.2 Å². The van der Waals surface area contributed by atoms with E-state index in [9.17, 15) is 4.79 Å². The molecule has 1 amide bonds. The van der Waals surface area contributed by atoms with E-state index in [0.29, 0.717) is 22.8 Å². The number of amides is 1. The number of benzene rings is 1. The smallest absolute Gasteiger partial charge is 0.279 e. The van der Waals surface area contributed by atoms with Crippen LogP contribution in [0.15, 0.2) is 18.2 Å². The molecule has 0 bridgehead atoms. The number of piperidine rings is 1. The first-order chi connectivity index (χ1) is 9.19. The van der Waals surface area contributed by atoms with Crippen molar-refractivity contribution in [3.63, 3.8) is 0 Å². The monoisotopic (exact) mass is 278 g/mol. The fraction of sp³-hybridized carbons (Fsp3) is 0.429. The third kappa shape index (κ3) is 3.95. The molecule has 0 atom stereocenters. The van der Waals surface area contributed by atoms with Crippen LogP contribution in [0.1, 0.15) is 24.8 Å². The average Bonchev–Trinajstić information content (AvgIpc) is 2.40. The fourth-order valence-corrected chi connectivity index (χ4v) is 2.57. The lowest BCUT2D eigenvalue weighted by atomic mass is 10.1. The quantitative estimate of drug-likeness (QED) is 0.873. The molecule has 1 aliphatic rings. The van der Waals surface area contributed by atoms with Crippen molar-refractivity contribution in [1.29, 1.82) is 5.26 Å². The van der Waals surface area contributed by atoms with Crippen molar-refractivity contribution in [2.45, 2.75) is 19.3 Å². The van der Waals surface area contributed by atoms with E-state index >= 15 is 0 Å². The van der Waals surface area contributed by atoms with E-state index in [1.807, 2.05) is 6.07 Å². The predicted octanol–water partition coefficient (Wildman–Crippen LogP) is 1.22. The molecule has 1 aromatic rings. The highest BCUT2D eigenvalue weighted by molar-refractivity contribution is 6.32. The number of nitrogens with one attached hydrogen (secondary N) is 2. The molecule has 0 radical (unpaired) electrons. The highest BCUT2D eigenvalue weighted by Gasteiger charge is 2.17. The molecular formula is C14H17ClN3O+. The van der Waals surface area contributed by atoms with Gasteiger partial charge in [0.2, 0.25) is 0 Å². The van der Waals surface area contributed by atoms with Gasteiger partial charge in [-0.15, -0.1) is 0 Å². The topological polar surface area (TPSA) is 57.3 Å². The zero-order valence-corrected chi connectivity index (χ0v) is 11.5. The van der Waals surface area contributed by atoms with Gasteiger partial charge in [0.25, 0.3) is 5.91 Å². The van der Waals surface area contributed by atoms with E-state index < -0.39 is 0 Å². The van der Waals surface area contributed by atoms with Crippen LogP contribution in [0.3, 0.4) is 0 Å². The molecule has 1 saturated heterocycles. The number of anilines is 1. The van der Waals surface area contributed by atoms with Crippen LogP contribution in [0.25, 0.3) is 0 Å². The second kappa shape index (κ2) is 6.55. The summed E-state index contributed by atoms with van der Waals surface area (Å²) in [6.45, 7) is 2.64. The number of hydrogen-bond donors (Lipinski definition) is 2. The highest BCUT2D eigenvalue weighted by Crippen LogP contribution is 2.19. The third-order valence-corrected chi connectivity index (χ3v) is 3.66. The molecule has 2 N–H and O–H groups in total. The molecule has 100 valence electrons. The number of nitrogens with zero attached hydrogens (tertiary/aromatic N) is 1. The molecule has 1 aromatic carbocycles. The zero-order chi connectivity index (χ0) is 13.7. The summed E-state index contributed by atoms with van der Waals surface area (Å²) in [5, 5.41) is 12.0. The van der Waals surface area contributed by atoms with Crippen molar-refractivity contribution in [3.8, 4) is 6.07 Å². The van der Waals surface area contributed by atoms with Crippen molar-refractivity contribution in [2.24, 2.45) is 0 Å². The minimum atomic E-state index is -0.00215. The summed E-state index contributed by atoms with van der Waals surface area (Å²) in [6, 6.07) is 6.93. The number of hydrogen-bond acceptors (Lipinski definition) is 2. The highest BCUT2D eigenvalue weighted by atomic mass is 35.5. The molecular weight excluding hydrogens is 262 g/mol. The molecule has 19 heavy (non-hydrogen) atoms. The first kappa shape index (κ1) is 13.9. The second-order valence-corrected chi connectivity index (χ2v) is 5.25. The number of carbonyl (C=O) groups excluding carboxylic acids is 1. The van der Waals surface area contributed by atoms with Crippen LogP contribution in [0.4, 0.5) is 5.69 Å². The SMILES string of the molecule is N#Cc1ccc(NC(=O)C[NH+]2CCCCC2)cc1Cl. The summed E-state index contributed by atoms with van der Waals surface area (Å²) in [5.74, 6) is -0.00215. The summed E-state index contributed by atoms with van der Waals surface area (Å²) >= 11 is 5.93. The summed E-state index contributed by atoms with van der Waals surface area (Å²) in [4.78, 5) is 13.2. The number of rotatable bonds is 3. The molecule has 1 aliphatic heterocycles. The van der Waals surface area contributed by atoms with Crippen LogP contribution in [-0.4, -0.2) is 25.5 Å². The van der Waals surface area contributed by atoms with Gasteiger partial charge in [0, 0.05) is 5.69 Å². The Morgan fingerprint density at radius 2 is 2.11 bits per heavy atom. The van der Waals surface area contributed by atoms with Gasteiger partial charge in [-0.05, 0) is 37.5 Å². The van der Waals surface area contributed by atoms with Crippen LogP contribution in [-0.2, 0) is 4.79 Å². The van der Waals surface area contributed by atoms with Gasteiger partial charge in [-0.3, -0.25) is 4.79 Å². The van der Waals surface area contributed by atoms with Gasteiger partial charge < -0.3 is 10.2 Å². The number of likely N-dealkylation sites (tertiary alicyclic amines) is 1. The second-order valence-electron chi connectivity index (χ2n) is 4.84. The van der Waals surface area contributed by atoms with E-state index in [2.05, 4.69) is 5.32 Å². The Bertz CT molecular complexity index is 504. The van der Waals surface area contributed by atoms with E-state index in [4.69, 9.17) is 16.9 Å². The molecule has 0 spiro atoms. The summed E-state index contributed by atoms with van der Waals surface area (Å²) in [5.41, 5.74) is 1.06. The van der Waals surface area contributed by atoms with Gasteiger partial charge in [0.1, 0.15) is 6.07 Å². The summed E-state index contributed by atoms with van der Waals surface area (Å²) in [6.07, 6.45) is 3.67. The maximum Gasteiger partial charge on any atom is 0.279 e. The Morgan fingerprint density at radius 3 is 2.74 bits per heavy atom. The standard InChI is InChI=1S/C14H16ClN3O/c15-13-8-12(5-4-11(13)9-16)17-14(19)10-18-6-2-1-3-7-18/h4-5,8H,1-3,6-7,10H2,(H,17,19)/p+1. The van der Waals surface area contributed by atoms with Gasteiger partial charge in [-0.2, -0.15) is 5.26 Å². The average molecular weight is 279 g/mol. The molecule has 1 fully saturated rings. The lowest BCUT2D eigenvalue weighted by Gasteiger charge is -2.22. The number of halogens is 1. The van der Waals surface area contributed by atoms with Gasteiger partial charge in [-0.25, -0.2) is 0 Å². The fourth-order valence-electron chi connectivity index (χ4n) is 2.34. The maximum atomic E-state index is 11.9. The number of nitriles is 1. The molecule has 2 rings (SSSR count). The van der Waals surface area contributed by atoms with Crippen LogP contribution in [0.5, 0.6) is 0 Å². The minimum Gasteiger partial charge on any atom is -0.327 e. The largest absolute Gasteiger partial charge is 0.327 e. The lowest BCUT2D eigenvalue weighted by molar-refractivity contribution is -0.896. The molecule has 0 unspecified atom stereocenters. The maximum absolute atomic E-state index is 11.9. The Hall–Kier alpha value is -1.57. The zero-order valence-electron chi connectivity index (χ0n) is 10.7. The Kier molecular flexibility index (Phi) is 4.78. The number of quaternary nitrogens is 1. The van der Waals surface area contributed by atoms with Gasteiger partial charge in [-0.1, -0.05) is 11.6 Å². The van der Waals surface area contributed by atoms with Crippen molar-refractivity contribution >= 4 is 23.2 Å². The van der Waals surface area contributed by atoms with E-state index in [1.54, 1.807) is 18.2 Å². The third-order valence-electron chi connectivity index (χ3n) is 3.34. The molecule has 1 heterocycles. The van der Waals surface area contributed by atoms with Gasteiger partial charge in [0.15, 0.2) is 6.54 Å². The molecule has 4 nitrogen and oxygen atoms in total.